The van der Waals surface area contributed by atoms with Crippen molar-refractivity contribution in [3.63, 3.8) is 0 Å². The van der Waals surface area contributed by atoms with Crippen molar-refractivity contribution in [2.45, 2.75) is 80.4 Å². The molecule has 0 bridgehead atoms. The third kappa shape index (κ3) is 8.63. The summed E-state index contributed by atoms with van der Waals surface area (Å²) in [6, 6.07) is 6.35. The van der Waals surface area contributed by atoms with Gasteiger partial charge in [0.15, 0.2) is 0 Å². The zero-order valence-corrected chi connectivity index (χ0v) is 36.3. The number of hydrogen-bond acceptors (Lipinski definition) is 11. The molecule has 0 radical (unpaired) electrons. The molecule has 7 rings (SSSR count). The number of rotatable bonds is 8. The van der Waals surface area contributed by atoms with Gasteiger partial charge in [0.25, 0.3) is 0 Å². The van der Waals surface area contributed by atoms with E-state index in [-0.39, 0.29) is 57.5 Å². The number of carbonyl (C=O) groups excluding carboxylic acids is 1. The summed E-state index contributed by atoms with van der Waals surface area (Å²) in [6.07, 6.45) is -2.60. The molecule has 3 aliphatic rings. The van der Waals surface area contributed by atoms with Crippen molar-refractivity contribution in [1.29, 1.82) is 0 Å². The second kappa shape index (κ2) is 15.1. The van der Waals surface area contributed by atoms with Gasteiger partial charge in [-0.3, -0.25) is 0 Å². The van der Waals surface area contributed by atoms with Crippen molar-refractivity contribution in [2.24, 2.45) is 5.41 Å². The number of hydrogen-bond donors (Lipinski definition) is 1. The van der Waals surface area contributed by atoms with Crippen molar-refractivity contribution in [3.8, 4) is 21.8 Å². The number of sulfone groups is 1. The molecule has 1 amide bonds. The van der Waals surface area contributed by atoms with E-state index in [9.17, 15) is 39.2 Å². The molecule has 1 aliphatic carbocycles. The molecular formula is C37H39AuF5N6O6S3. The van der Waals surface area contributed by atoms with Crippen LogP contribution >= 0.6 is 11.3 Å². The molecule has 1 spiro atoms. The molecule has 317 valence electrons. The summed E-state index contributed by atoms with van der Waals surface area (Å²) in [7, 11) is -8.30. The maximum atomic E-state index is 16.7. The summed E-state index contributed by atoms with van der Waals surface area (Å²) in [6.45, 7) is 9.66. The Bertz CT molecular complexity index is 2470. The van der Waals surface area contributed by atoms with Crippen LogP contribution in [0.25, 0.3) is 21.8 Å². The van der Waals surface area contributed by atoms with Crippen LogP contribution in [0, 0.1) is 17.0 Å². The van der Waals surface area contributed by atoms with Crippen LogP contribution in [0.2, 0.25) is 4.14 Å². The van der Waals surface area contributed by atoms with Gasteiger partial charge >= 0.3 is 286 Å². The molecule has 2 aromatic carbocycles. The average Bonchev–Trinajstić information content (AvgIpc) is 3.50. The fourth-order valence-electron chi connectivity index (χ4n) is 7.55. The number of nitrogens with one attached hydrogen (secondary N) is 1. The molecule has 2 aromatic heterocycles. The first-order valence-corrected chi connectivity index (χ1v) is 24.4. The van der Waals surface area contributed by atoms with E-state index >= 15 is 4.39 Å². The molecule has 3 fully saturated rings. The number of aromatic nitrogens is 3. The molecular weight excluding hydrogens is 1010 g/mol. The van der Waals surface area contributed by atoms with Gasteiger partial charge in [-0.15, -0.1) is 0 Å². The average molecular weight is 1050 g/mol. The maximum absolute atomic E-state index is 16.7. The van der Waals surface area contributed by atoms with Crippen LogP contribution in [0.3, 0.4) is 0 Å². The number of carbonyl (C=O) groups is 1. The molecule has 4 heterocycles. The van der Waals surface area contributed by atoms with Crippen LogP contribution in [0.4, 0.5) is 37.6 Å². The second-order valence-electron chi connectivity index (χ2n) is 15.8. The van der Waals surface area contributed by atoms with Crippen LogP contribution in [0.5, 0.6) is 0 Å². The van der Waals surface area contributed by atoms with Gasteiger partial charge in [0.05, 0.1) is 0 Å². The molecule has 1 saturated carbocycles. The topological polar surface area (TPSA) is 152 Å². The van der Waals surface area contributed by atoms with Crippen LogP contribution in [-0.2, 0) is 50.5 Å². The molecule has 2 atom stereocenters. The summed E-state index contributed by atoms with van der Waals surface area (Å²) in [4.78, 5) is 29.5. The first kappa shape index (κ1) is 42.4. The zero-order chi connectivity index (χ0) is 42.2. The van der Waals surface area contributed by atoms with Gasteiger partial charge in [0.1, 0.15) is 5.60 Å². The van der Waals surface area contributed by atoms with Crippen molar-refractivity contribution >= 4 is 52.2 Å². The Morgan fingerprint density at radius 3 is 2.28 bits per heavy atom. The molecule has 58 heavy (non-hydrogen) atoms. The van der Waals surface area contributed by atoms with Gasteiger partial charge < -0.3 is 0 Å². The van der Waals surface area contributed by atoms with Crippen molar-refractivity contribution in [1.82, 2.24) is 19.9 Å². The number of benzene rings is 2. The molecule has 2 saturated heterocycles. The number of halogens is 5. The Balaban J connectivity index is 1.25. The minimum atomic E-state index is -5.32. The van der Waals surface area contributed by atoms with Crippen LogP contribution in [0.1, 0.15) is 53.0 Å². The van der Waals surface area contributed by atoms with Crippen molar-refractivity contribution < 1.29 is 68.1 Å². The summed E-state index contributed by atoms with van der Waals surface area (Å²) in [5, 5.41) is 0.432. The third-order valence-electron chi connectivity index (χ3n) is 9.82. The number of alkyl halides is 3. The number of sulfonamides is 1. The van der Waals surface area contributed by atoms with Gasteiger partial charge in [0, 0.05) is 0 Å². The van der Waals surface area contributed by atoms with Crippen LogP contribution in [-0.4, -0.2) is 85.1 Å². The summed E-state index contributed by atoms with van der Waals surface area (Å²) in [5.74, 6) is -2.46. The zero-order valence-electron chi connectivity index (χ0n) is 31.7. The van der Waals surface area contributed by atoms with Gasteiger partial charge in [0.2, 0.25) is 0 Å². The minimum absolute atomic E-state index is 0.0537. The van der Waals surface area contributed by atoms with E-state index < -0.39 is 85.3 Å². The molecule has 4 aromatic rings. The van der Waals surface area contributed by atoms with Gasteiger partial charge in [-0.2, -0.15) is 13.2 Å². The van der Waals surface area contributed by atoms with E-state index in [0.29, 0.717) is 31.9 Å². The normalized spacial score (nSPS) is 20.8. The quantitative estimate of drug-likeness (QED) is 0.146. The first-order chi connectivity index (χ1) is 26.9. The molecule has 1 N–H and O–H groups in total. The Hall–Kier alpha value is -3.69. The molecule has 2 aliphatic heterocycles. The van der Waals surface area contributed by atoms with Crippen molar-refractivity contribution in [3.05, 3.63) is 65.9 Å². The van der Waals surface area contributed by atoms with Gasteiger partial charge in [-0.25, -0.2) is 4.39 Å². The van der Waals surface area contributed by atoms with Crippen LogP contribution in [0.15, 0.2) is 53.6 Å². The van der Waals surface area contributed by atoms with E-state index in [1.165, 1.54) is 23.5 Å². The molecule has 12 nitrogen and oxygen atoms in total. The second-order valence-corrected chi connectivity index (χ2v) is 23.8. The summed E-state index contributed by atoms with van der Waals surface area (Å²) < 4.78 is 131. The molecule has 0 unspecified atom stereocenters. The third-order valence-corrected chi connectivity index (χ3v) is 17.3. The number of ether oxygens (including phenoxy) is 1. The molecule has 21 heteroatoms. The SMILES string of the molecule is C[C@H]1CN(C(=O)OC(C)(C)C)C[C@H](C)N1c1nc(-c2cccc(NS(=O)(=O)c3c(F)cccc3C(F)(F)F)c2F)c(-c2ccn[c]([Au][CH]3CC4(C3)CS(=O)(=O)C4)n2)s1. The Morgan fingerprint density at radius 1 is 1.00 bits per heavy atom. The van der Waals surface area contributed by atoms with Gasteiger partial charge in [-0.05, 0) is 32.9 Å². The van der Waals surface area contributed by atoms with Crippen LogP contribution < -0.4 is 13.7 Å². The van der Waals surface area contributed by atoms with E-state index in [4.69, 9.17) is 14.7 Å². The van der Waals surface area contributed by atoms with Gasteiger partial charge in [-0.1, -0.05) is 6.07 Å². The fraction of sp³-hybridized carbons (Fsp3) is 0.459. The number of thiazole rings is 1. The Labute approximate surface area is 345 Å². The predicted octanol–water partition coefficient (Wildman–Crippen LogP) is 6.90. The number of anilines is 2. The summed E-state index contributed by atoms with van der Waals surface area (Å²) >= 11 is 0.580. The number of nitrogens with zero attached hydrogens (tertiary/aromatic N) is 5. The Morgan fingerprint density at radius 2 is 1.66 bits per heavy atom. The summed E-state index contributed by atoms with van der Waals surface area (Å²) in [5.41, 5.74) is -3.14. The Kier molecular flexibility index (Phi) is 11.0. The van der Waals surface area contributed by atoms with Crippen molar-refractivity contribution in [2.75, 3.05) is 34.2 Å². The number of piperazine rings is 1. The first-order valence-electron chi connectivity index (χ1n) is 18.0. The van der Waals surface area contributed by atoms with E-state index in [2.05, 4.69) is 4.98 Å². The number of amides is 1. The monoisotopic (exact) mass is 1050 g/mol. The fourth-order valence-corrected chi connectivity index (χ4v) is 16.2. The van der Waals surface area contributed by atoms with E-state index in [1.54, 1.807) is 37.9 Å². The van der Waals surface area contributed by atoms with E-state index in [1.807, 2.05) is 23.5 Å². The standard InChI is InChI=1S/C31H30F5N6O4S2.C6H9O2S.Au/c1-17-14-41(29(43)46-30(3,4)5)15-18(2)42(17)28-39-25(26(47-28)23-12-13-37-16-38-23)19-8-6-11-22(24(19)33)40-48(44,45)27-20(31(34,35)36)9-7-10-21(27)32;7-9(8)4-6(5-9)2-1-3-6;/h6-13,17-18,40H,14-15H2,1-5H3;1H,2-5H2;/t17-,18-;;/m0../s1. The predicted molar refractivity (Wildman–Crippen MR) is 204 cm³/mol. The van der Waals surface area contributed by atoms with E-state index in [0.717, 1.165) is 25.0 Å².